The third kappa shape index (κ3) is 3.06. The van der Waals surface area contributed by atoms with Crippen LogP contribution in [0.4, 0.5) is 0 Å². The van der Waals surface area contributed by atoms with Crippen LogP contribution in [0.15, 0.2) is 24.3 Å². The third-order valence-electron chi connectivity index (χ3n) is 6.17. The summed E-state index contributed by atoms with van der Waals surface area (Å²) in [7, 11) is 3.51. The number of fused-ring (bicyclic) bond motifs is 5. The van der Waals surface area contributed by atoms with Crippen LogP contribution >= 0.6 is 0 Å². The maximum absolute atomic E-state index is 12.9. The standard InChI is InChI=1S/C20H27N3O2/c1-21(2)19(24)13-23-17-8-7-16(20(23)25)11-22(12-17)18-9-14-5-3-4-6-15(14)10-18/h3-6,16-18H,7-13H2,1-2H3/t16-,17+/m0/s1. The highest BCUT2D eigenvalue weighted by molar-refractivity contribution is 5.87. The molecule has 3 aliphatic heterocycles. The fourth-order valence-electron chi connectivity index (χ4n) is 4.66. The molecule has 0 saturated carbocycles. The van der Waals surface area contributed by atoms with Crippen molar-refractivity contribution >= 4 is 11.8 Å². The highest BCUT2D eigenvalue weighted by Crippen LogP contribution is 2.33. The number of rotatable bonds is 3. The molecule has 5 heteroatoms. The van der Waals surface area contributed by atoms with Gasteiger partial charge in [-0.25, -0.2) is 0 Å². The Morgan fingerprint density at radius 2 is 1.76 bits per heavy atom. The second-order valence-electron chi connectivity index (χ2n) is 7.97. The fourth-order valence-corrected chi connectivity index (χ4v) is 4.66. The van der Waals surface area contributed by atoms with E-state index in [9.17, 15) is 9.59 Å². The van der Waals surface area contributed by atoms with Gasteiger partial charge in [0.1, 0.15) is 6.54 Å². The van der Waals surface area contributed by atoms with Crippen LogP contribution in [0.3, 0.4) is 0 Å². The second kappa shape index (κ2) is 6.45. The van der Waals surface area contributed by atoms with Crippen LogP contribution in [0.1, 0.15) is 24.0 Å². The van der Waals surface area contributed by atoms with E-state index in [-0.39, 0.29) is 30.3 Å². The minimum atomic E-state index is 0.0146. The zero-order valence-corrected chi connectivity index (χ0v) is 15.1. The molecule has 0 aromatic heterocycles. The van der Waals surface area contributed by atoms with Gasteiger partial charge in [0.25, 0.3) is 0 Å². The van der Waals surface area contributed by atoms with Gasteiger partial charge in [-0.3, -0.25) is 14.5 Å². The van der Waals surface area contributed by atoms with Gasteiger partial charge in [-0.05, 0) is 36.8 Å². The van der Waals surface area contributed by atoms with Crippen molar-refractivity contribution in [2.75, 3.05) is 33.7 Å². The molecule has 2 bridgehead atoms. The van der Waals surface area contributed by atoms with Gasteiger partial charge in [0.2, 0.25) is 11.8 Å². The van der Waals surface area contributed by atoms with Gasteiger partial charge in [-0.1, -0.05) is 24.3 Å². The SMILES string of the molecule is CN(C)C(=O)CN1C(=O)[C@H]2CC[C@@H]1CN(C1Cc3ccccc3C1)C2. The first-order valence-electron chi connectivity index (χ1n) is 9.34. The van der Waals surface area contributed by atoms with E-state index in [1.54, 1.807) is 19.0 Å². The Hall–Kier alpha value is -1.88. The summed E-state index contributed by atoms with van der Waals surface area (Å²) >= 11 is 0. The number of hydrogen-bond acceptors (Lipinski definition) is 3. The Kier molecular flexibility index (Phi) is 4.28. The molecule has 0 spiro atoms. The van der Waals surface area contributed by atoms with E-state index in [0.29, 0.717) is 6.04 Å². The quantitative estimate of drug-likeness (QED) is 0.829. The van der Waals surface area contributed by atoms with Crippen LogP contribution < -0.4 is 0 Å². The van der Waals surface area contributed by atoms with E-state index >= 15 is 0 Å². The molecular weight excluding hydrogens is 314 g/mol. The van der Waals surface area contributed by atoms with Crippen molar-refractivity contribution in [3.05, 3.63) is 35.4 Å². The number of piperidine rings is 1. The third-order valence-corrected chi connectivity index (χ3v) is 6.17. The summed E-state index contributed by atoms with van der Waals surface area (Å²) in [5.74, 6) is 0.252. The molecule has 0 radical (unpaired) electrons. The zero-order chi connectivity index (χ0) is 17.6. The van der Waals surface area contributed by atoms with Crippen molar-refractivity contribution in [1.29, 1.82) is 0 Å². The summed E-state index contributed by atoms with van der Waals surface area (Å²) in [6, 6.07) is 9.37. The molecule has 25 heavy (non-hydrogen) atoms. The molecule has 5 nitrogen and oxygen atoms in total. The fraction of sp³-hybridized carbons (Fsp3) is 0.600. The first-order valence-corrected chi connectivity index (χ1v) is 9.34. The van der Waals surface area contributed by atoms with Crippen molar-refractivity contribution in [1.82, 2.24) is 14.7 Å². The Bertz CT molecular complexity index is 662. The minimum Gasteiger partial charge on any atom is -0.347 e. The van der Waals surface area contributed by atoms with Crippen molar-refractivity contribution in [2.24, 2.45) is 5.92 Å². The van der Waals surface area contributed by atoms with Crippen LogP contribution in [0.5, 0.6) is 0 Å². The topological polar surface area (TPSA) is 43.9 Å². The van der Waals surface area contributed by atoms with Gasteiger partial charge in [0, 0.05) is 39.3 Å². The van der Waals surface area contributed by atoms with Crippen LogP contribution in [0, 0.1) is 5.92 Å². The lowest BCUT2D eigenvalue weighted by Crippen LogP contribution is -2.51. The normalized spacial score (nSPS) is 26.6. The summed E-state index contributed by atoms with van der Waals surface area (Å²) in [5, 5.41) is 0. The van der Waals surface area contributed by atoms with E-state index in [2.05, 4.69) is 29.2 Å². The average Bonchev–Trinajstić information content (AvgIpc) is 2.85. The van der Waals surface area contributed by atoms with Crippen molar-refractivity contribution in [2.45, 2.75) is 37.8 Å². The lowest BCUT2D eigenvalue weighted by Gasteiger charge is -2.36. The van der Waals surface area contributed by atoms with Gasteiger partial charge >= 0.3 is 0 Å². The number of likely N-dealkylation sites (N-methyl/N-ethyl adjacent to an activating group) is 1. The summed E-state index contributed by atoms with van der Waals surface area (Å²) in [5.41, 5.74) is 2.91. The Labute approximate surface area is 149 Å². The van der Waals surface area contributed by atoms with E-state index in [0.717, 1.165) is 38.8 Å². The molecule has 0 unspecified atom stereocenters. The molecule has 2 amide bonds. The highest BCUT2D eigenvalue weighted by atomic mass is 16.2. The second-order valence-corrected chi connectivity index (χ2v) is 7.97. The molecule has 3 saturated heterocycles. The molecule has 2 atom stereocenters. The largest absolute Gasteiger partial charge is 0.347 e. The van der Waals surface area contributed by atoms with Crippen LogP contribution in [0.25, 0.3) is 0 Å². The summed E-state index contributed by atoms with van der Waals surface area (Å²) in [6.07, 6.45) is 4.15. The zero-order valence-electron chi connectivity index (χ0n) is 15.1. The number of benzene rings is 1. The molecule has 1 aliphatic carbocycles. The maximum Gasteiger partial charge on any atom is 0.241 e. The van der Waals surface area contributed by atoms with Crippen molar-refractivity contribution in [3.63, 3.8) is 0 Å². The Balaban J connectivity index is 1.50. The Morgan fingerprint density at radius 1 is 1.08 bits per heavy atom. The van der Waals surface area contributed by atoms with Gasteiger partial charge in [-0.15, -0.1) is 0 Å². The minimum absolute atomic E-state index is 0.0146. The highest BCUT2D eigenvalue weighted by Gasteiger charge is 2.43. The predicted octanol–water partition coefficient (Wildman–Crippen LogP) is 1.16. The molecule has 134 valence electrons. The maximum atomic E-state index is 12.9. The van der Waals surface area contributed by atoms with Gasteiger partial charge in [0.05, 0.1) is 5.92 Å². The van der Waals surface area contributed by atoms with Gasteiger partial charge in [-0.2, -0.15) is 0 Å². The average molecular weight is 341 g/mol. The number of hydrogen-bond donors (Lipinski definition) is 0. The Morgan fingerprint density at radius 3 is 2.40 bits per heavy atom. The van der Waals surface area contributed by atoms with Crippen molar-refractivity contribution < 1.29 is 9.59 Å². The van der Waals surface area contributed by atoms with E-state index < -0.39 is 0 Å². The number of nitrogens with zero attached hydrogens (tertiary/aromatic N) is 3. The van der Waals surface area contributed by atoms with Gasteiger partial charge < -0.3 is 9.80 Å². The molecule has 0 N–H and O–H groups in total. The lowest BCUT2D eigenvalue weighted by atomic mass is 9.94. The smallest absolute Gasteiger partial charge is 0.241 e. The number of carbonyl (C=O) groups is 2. The van der Waals surface area contributed by atoms with Crippen LogP contribution in [-0.4, -0.2) is 72.3 Å². The summed E-state index contributed by atoms with van der Waals surface area (Å²) in [6.45, 7) is 1.98. The van der Waals surface area contributed by atoms with E-state index in [4.69, 9.17) is 0 Å². The van der Waals surface area contributed by atoms with Crippen LogP contribution in [0.2, 0.25) is 0 Å². The first-order chi connectivity index (χ1) is 12.0. The van der Waals surface area contributed by atoms with E-state index in [1.165, 1.54) is 11.1 Å². The monoisotopic (exact) mass is 341 g/mol. The summed E-state index contributed by atoms with van der Waals surface area (Å²) in [4.78, 5) is 31.0. The molecule has 1 aromatic rings. The molecule has 4 aliphatic rings. The lowest BCUT2D eigenvalue weighted by molar-refractivity contribution is -0.145. The van der Waals surface area contributed by atoms with Crippen molar-refractivity contribution in [3.8, 4) is 0 Å². The first kappa shape index (κ1) is 16.6. The van der Waals surface area contributed by atoms with E-state index in [1.807, 2.05) is 4.90 Å². The summed E-state index contributed by atoms with van der Waals surface area (Å²) < 4.78 is 0. The molecular formula is C20H27N3O2. The predicted molar refractivity (Wildman–Crippen MR) is 96.1 cm³/mol. The molecule has 1 aromatic carbocycles. The number of amides is 2. The molecule has 5 rings (SSSR count). The number of carbonyl (C=O) groups excluding carboxylic acids is 2. The van der Waals surface area contributed by atoms with Gasteiger partial charge in [0.15, 0.2) is 0 Å². The molecule has 3 heterocycles. The van der Waals surface area contributed by atoms with Crippen LogP contribution in [-0.2, 0) is 22.4 Å². The molecule has 3 fully saturated rings.